The molecule has 6 nitrogen and oxygen atoms in total. The van der Waals surface area contributed by atoms with Gasteiger partial charge in [-0.15, -0.1) is 0 Å². The molecule has 2 N–H and O–H groups in total. The number of aryl methyl sites for hydroxylation is 1. The zero-order valence-electron chi connectivity index (χ0n) is 17.8. The third kappa shape index (κ3) is 3.67. The first-order chi connectivity index (χ1) is 15.0. The molecule has 2 aromatic rings. The zero-order chi connectivity index (χ0) is 22.1. The Bertz CT molecular complexity index is 1030. The van der Waals surface area contributed by atoms with Crippen LogP contribution >= 0.6 is 0 Å². The number of methoxy groups -OCH3 is 1. The van der Waals surface area contributed by atoms with E-state index < -0.39 is 17.7 Å². The van der Waals surface area contributed by atoms with Gasteiger partial charge in [0.05, 0.1) is 18.7 Å². The number of rotatable bonds is 5. The molecule has 0 bridgehead atoms. The molecule has 0 radical (unpaired) electrons. The quantitative estimate of drug-likeness (QED) is 0.426. The minimum Gasteiger partial charge on any atom is -0.507 e. The number of nitrogens with zero attached hydrogens (tertiary/aromatic N) is 1. The third-order valence-electron chi connectivity index (χ3n) is 6.35. The molecule has 0 aromatic heterocycles. The van der Waals surface area contributed by atoms with Crippen LogP contribution in [-0.2, 0) is 16.0 Å². The Balaban J connectivity index is 1.87. The van der Waals surface area contributed by atoms with Crippen LogP contribution in [-0.4, -0.2) is 40.0 Å². The number of benzene rings is 2. The largest absolute Gasteiger partial charge is 0.507 e. The van der Waals surface area contributed by atoms with Crippen molar-refractivity contribution in [2.24, 2.45) is 0 Å². The lowest BCUT2D eigenvalue weighted by Gasteiger charge is -2.31. The fraction of sp³-hybridized carbons (Fsp3) is 0.360. The van der Waals surface area contributed by atoms with E-state index in [-0.39, 0.29) is 23.1 Å². The number of aromatic hydroxyl groups is 1. The van der Waals surface area contributed by atoms with Crippen molar-refractivity contribution in [3.05, 3.63) is 64.7 Å². The summed E-state index contributed by atoms with van der Waals surface area (Å²) in [5.41, 5.74) is 2.23. The first-order valence-corrected chi connectivity index (χ1v) is 10.7. The van der Waals surface area contributed by atoms with Gasteiger partial charge in [-0.2, -0.15) is 0 Å². The number of carbonyl (C=O) groups excluding carboxylic acids is 2. The highest BCUT2D eigenvalue weighted by molar-refractivity contribution is 6.46. The van der Waals surface area contributed by atoms with Crippen LogP contribution in [0.25, 0.3) is 5.76 Å². The molecule has 162 valence electrons. The van der Waals surface area contributed by atoms with Gasteiger partial charge in [-0.25, -0.2) is 0 Å². The summed E-state index contributed by atoms with van der Waals surface area (Å²) in [4.78, 5) is 27.8. The predicted octanol–water partition coefficient (Wildman–Crippen LogP) is 4.33. The Morgan fingerprint density at radius 1 is 1.10 bits per heavy atom. The van der Waals surface area contributed by atoms with Crippen LogP contribution in [0, 0.1) is 0 Å². The van der Waals surface area contributed by atoms with Crippen LogP contribution in [0.1, 0.15) is 55.3 Å². The normalized spacial score (nSPS) is 21.1. The summed E-state index contributed by atoms with van der Waals surface area (Å²) in [6.45, 7) is 2.04. The summed E-state index contributed by atoms with van der Waals surface area (Å²) in [5, 5.41) is 21.5. The first-order valence-electron chi connectivity index (χ1n) is 10.7. The van der Waals surface area contributed by atoms with Gasteiger partial charge in [-0.05, 0) is 42.5 Å². The second-order valence-electron chi connectivity index (χ2n) is 8.13. The molecule has 1 atom stereocenters. The molecule has 1 aliphatic carbocycles. The molecule has 1 saturated heterocycles. The van der Waals surface area contributed by atoms with Crippen LogP contribution in [0.2, 0.25) is 0 Å². The second-order valence-corrected chi connectivity index (χ2v) is 8.13. The highest BCUT2D eigenvalue weighted by Gasteiger charge is 2.49. The topological polar surface area (TPSA) is 87.1 Å². The van der Waals surface area contributed by atoms with E-state index in [1.165, 1.54) is 13.2 Å². The Labute approximate surface area is 181 Å². The van der Waals surface area contributed by atoms with Crippen molar-refractivity contribution in [1.82, 2.24) is 4.90 Å². The van der Waals surface area contributed by atoms with Gasteiger partial charge in [-0.1, -0.05) is 50.1 Å². The molecule has 1 amide bonds. The van der Waals surface area contributed by atoms with Crippen LogP contribution < -0.4 is 4.74 Å². The van der Waals surface area contributed by atoms with Gasteiger partial charge in [0.1, 0.15) is 5.76 Å². The fourth-order valence-electron chi connectivity index (χ4n) is 4.67. The van der Waals surface area contributed by atoms with Crippen molar-refractivity contribution in [2.45, 2.75) is 51.1 Å². The number of phenols is 1. The lowest BCUT2D eigenvalue weighted by Crippen LogP contribution is -2.37. The van der Waals surface area contributed by atoms with E-state index >= 15 is 0 Å². The van der Waals surface area contributed by atoms with Gasteiger partial charge in [0, 0.05) is 11.6 Å². The summed E-state index contributed by atoms with van der Waals surface area (Å²) in [7, 11) is 1.46. The molecule has 1 heterocycles. The fourth-order valence-corrected chi connectivity index (χ4v) is 4.67. The van der Waals surface area contributed by atoms with Crippen LogP contribution in [0.15, 0.2) is 48.0 Å². The molecule has 1 saturated carbocycles. The van der Waals surface area contributed by atoms with Gasteiger partial charge in [-0.3, -0.25) is 9.59 Å². The Morgan fingerprint density at radius 3 is 2.35 bits per heavy atom. The number of amides is 1. The van der Waals surface area contributed by atoms with E-state index in [0.29, 0.717) is 16.9 Å². The molecule has 31 heavy (non-hydrogen) atoms. The van der Waals surface area contributed by atoms with Crippen molar-refractivity contribution in [3.63, 3.8) is 0 Å². The zero-order valence-corrected chi connectivity index (χ0v) is 17.8. The number of aliphatic hydroxyl groups is 1. The number of carbonyl (C=O) groups is 2. The number of phenolic OH excluding ortho intramolecular Hbond substituents is 1. The maximum atomic E-state index is 13.1. The second kappa shape index (κ2) is 8.46. The van der Waals surface area contributed by atoms with E-state index in [1.54, 1.807) is 29.2 Å². The van der Waals surface area contributed by atoms with Gasteiger partial charge >= 0.3 is 0 Å². The number of hydrogen-bond donors (Lipinski definition) is 2. The predicted molar refractivity (Wildman–Crippen MR) is 117 cm³/mol. The number of Topliss-reactive ketones (excluding diaryl/α,β-unsaturated/α-hetero) is 1. The molecule has 2 aromatic carbocycles. The van der Waals surface area contributed by atoms with Crippen molar-refractivity contribution >= 4 is 17.4 Å². The van der Waals surface area contributed by atoms with Crippen molar-refractivity contribution in [2.75, 3.05) is 7.11 Å². The average Bonchev–Trinajstić information content (AvgIpc) is 3.40. The Hall–Kier alpha value is -3.28. The van der Waals surface area contributed by atoms with E-state index in [1.807, 2.05) is 19.1 Å². The summed E-state index contributed by atoms with van der Waals surface area (Å²) in [5.74, 6) is -1.26. The SMILES string of the molecule is CCc1ccc(/C(O)=C2/C(=O)C(=O)N(C3CCCC3)C2c2ccc(OC)c(O)c2)cc1. The maximum Gasteiger partial charge on any atom is 0.295 e. The van der Waals surface area contributed by atoms with Crippen LogP contribution in [0.5, 0.6) is 11.5 Å². The summed E-state index contributed by atoms with van der Waals surface area (Å²) < 4.78 is 5.14. The van der Waals surface area contributed by atoms with E-state index in [2.05, 4.69) is 0 Å². The lowest BCUT2D eigenvalue weighted by atomic mass is 9.94. The van der Waals surface area contributed by atoms with E-state index in [4.69, 9.17) is 4.74 Å². The molecular formula is C25H27NO5. The first kappa shape index (κ1) is 21.0. The van der Waals surface area contributed by atoms with Crippen molar-refractivity contribution in [1.29, 1.82) is 0 Å². The molecule has 0 spiro atoms. The number of aliphatic hydroxyl groups excluding tert-OH is 1. The third-order valence-corrected chi connectivity index (χ3v) is 6.35. The minimum absolute atomic E-state index is 0.0608. The Morgan fingerprint density at radius 2 is 1.77 bits per heavy atom. The van der Waals surface area contributed by atoms with E-state index in [0.717, 1.165) is 37.7 Å². The maximum absolute atomic E-state index is 13.1. The smallest absolute Gasteiger partial charge is 0.295 e. The highest BCUT2D eigenvalue weighted by atomic mass is 16.5. The van der Waals surface area contributed by atoms with Gasteiger partial charge in [0.15, 0.2) is 11.5 Å². The molecule has 6 heteroatoms. The number of hydrogen-bond acceptors (Lipinski definition) is 5. The number of ether oxygens (including phenoxy) is 1. The molecule has 1 aliphatic heterocycles. The molecule has 2 fully saturated rings. The van der Waals surface area contributed by atoms with Crippen molar-refractivity contribution < 1.29 is 24.5 Å². The van der Waals surface area contributed by atoms with Crippen LogP contribution in [0.3, 0.4) is 0 Å². The average molecular weight is 421 g/mol. The molecule has 2 aliphatic rings. The van der Waals surface area contributed by atoms with Gasteiger partial charge in [0.25, 0.3) is 11.7 Å². The molecule has 4 rings (SSSR count). The number of ketones is 1. The summed E-state index contributed by atoms with van der Waals surface area (Å²) in [6, 6.07) is 11.3. The van der Waals surface area contributed by atoms with Crippen molar-refractivity contribution in [3.8, 4) is 11.5 Å². The molecular weight excluding hydrogens is 394 g/mol. The summed E-state index contributed by atoms with van der Waals surface area (Å²) in [6.07, 6.45) is 4.48. The van der Waals surface area contributed by atoms with Gasteiger partial charge in [0.2, 0.25) is 0 Å². The summed E-state index contributed by atoms with van der Waals surface area (Å²) >= 11 is 0. The van der Waals surface area contributed by atoms with Crippen LogP contribution in [0.4, 0.5) is 0 Å². The minimum atomic E-state index is -0.759. The molecule has 1 unspecified atom stereocenters. The number of likely N-dealkylation sites (tertiary alicyclic amines) is 1. The van der Waals surface area contributed by atoms with Gasteiger partial charge < -0.3 is 19.8 Å². The lowest BCUT2D eigenvalue weighted by molar-refractivity contribution is -0.141. The highest BCUT2D eigenvalue weighted by Crippen LogP contribution is 2.44. The Kier molecular flexibility index (Phi) is 5.72. The monoisotopic (exact) mass is 421 g/mol. The van der Waals surface area contributed by atoms with E-state index in [9.17, 15) is 19.8 Å². The standard InChI is InChI=1S/C25H27NO5/c1-3-15-8-10-16(11-9-15)23(28)21-22(17-12-13-20(31-2)19(27)14-17)26(25(30)24(21)29)18-6-4-5-7-18/h8-14,18,22,27-28H,3-7H2,1-2H3/b23-21-.